The molecule has 0 bridgehead atoms. The molecule has 3 rings (SSSR count). The highest BCUT2D eigenvalue weighted by atomic mass is 16.5. The molecule has 1 unspecified atom stereocenters. The quantitative estimate of drug-likeness (QED) is 0.574. The maximum atomic E-state index is 12.5. The van der Waals surface area contributed by atoms with Crippen LogP contribution in [0.25, 0.3) is 11.0 Å². The Hall–Kier alpha value is -3.22. The van der Waals surface area contributed by atoms with Crippen molar-refractivity contribution in [3.63, 3.8) is 0 Å². The second kappa shape index (κ2) is 6.72. The minimum Gasteiger partial charge on any atom is -0.495 e. The number of ether oxygens (including phenoxy) is 1. The topological polar surface area (TPSA) is 99.0 Å². The minimum atomic E-state index is -0.478. The predicted molar refractivity (Wildman–Crippen MR) is 98.4 cm³/mol. The molecule has 1 aromatic heterocycles. The van der Waals surface area contributed by atoms with Crippen LogP contribution in [-0.4, -0.2) is 29.0 Å². The number of carbonyl (C=O) groups excluding carboxylic acids is 1. The summed E-state index contributed by atoms with van der Waals surface area (Å²) in [6.45, 7) is 3.71. The van der Waals surface area contributed by atoms with E-state index in [1.807, 2.05) is 31.2 Å². The Morgan fingerprint density at radius 1 is 1.12 bits per heavy atom. The van der Waals surface area contributed by atoms with Crippen LogP contribution in [0.1, 0.15) is 12.5 Å². The molecule has 2 aromatic carbocycles. The molecule has 0 saturated heterocycles. The van der Waals surface area contributed by atoms with E-state index < -0.39 is 6.04 Å². The molecule has 25 heavy (non-hydrogen) atoms. The van der Waals surface area contributed by atoms with E-state index >= 15 is 0 Å². The summed E-state index contributed by atoms with van der Waals surface area (Å²) in [6.07, 6.45) is 0. The summed E-state index contributed by atoms with van der Waals surface area (Å²) in [4.78, 5) is 29.2. The van der Waals surface area contributed by atoms with E-state index in [0.717, 1.165) is 16.8 Å². The molecule has 0 aliphatic carbocycles. The van der Waals surface area contributed by atoms with Gasteiger partial charge in [-0.3, -0.25) is 4.79 Å². The number of nitrogens with one attached hydrogen (secondary N) is 4. The number of aryl methyl sites for hydroxylation is 1. The van der Waals surface area contributed by atoms with Gasteiger partial charge < -0.3 is 25.3 Å². The Bertz CT molecular complexity index is 974. The van der Waals surface area contributed by atoms with Crippen LogP contribution in [0, 0.1) is 6.92 Å². The van der Waals surface area contributed by atoms with Crippen LogP contribution in [-0.2, 0) is 4.79 Å². The number of H-pyrrole nitrogens is 2. The van der Waals surface area contributed by atoms with Gasteiger partial charge in [-0.2, -0.15) is 0 Å². The van der Waals surface area contributed by atoms with Crippen LogP contribution in [0.15, 0.2) is 41.2 Å². The summed E-state index contributed by atoms with van der Waals surface area (Å²) in [5, 5.41) is 6.00. The lowest BCUT2D eigenvalue weighted by Gasteiger charge is -2.17. The maximum absolute atomic E-state index is 12.5. The van der Waals surface area contributed by atoms with Gasteiger partial charge >= 0.3 is 5.69 Å². The van der Waals surface area contributed by atoms with Crippen molar-refractivity contribution >= 4 is 28.3 Å². The Morgan fingerprint density at radius 3 is 2.64 bits per heavy atom. The fraction of sp³-hybridized carbons (Fsp3) is 0.222. The van der Waals surface area contributed by atoms with Crippen molar-refractivity contribution in [2.45, 2.75) is 19.9 Å². The average molecular weight is 340 g/mol. The number of amides is 1. The molecule has 3 aromatic rings. The molecule has 130 valence electrons. The van der Waals surface area contributed by atoms with E-state index in [9.17, 15) is 9.59 Å². The van der Waals surface area contributed by atoms with Crippen molar-refractivity contribution in [3.8, 4) is 5.75 Å². The molecule has 0 saturated carbocycles. The smallest absolute Gasteiger partial charge is 0.323 e. The molecule has 7 nitrogen and oxygen atoms in total. The van der Waals surface area contributed by atoms with E-state index in [1.165, 1.54) is 0 Å². The highest BCUT2D eigenvalue weighted by molar-refractivity contribution is 5.97. The van der Waals surface area contributed by atoms with Gasteiger partial charge in [0.25, 0.3) is 0 Å². The van der Waals surface area contributed by atoms with Gasteiger partial charge in [0, 0.05) is 5.69 Å². The molecule has 1 heterocycles. The van der Waals surface area contributed by atoms with Crippen LogP contribution < -0.4 is 21.1 Å². The number of hydrogen-bond donors (Lipinski definition) is 4. The average Bonchev–Trinajstić information content (AvgIpc) is 2.94. The highest BCUT2D eigenvalue weighted by Gasteiger charge is 2.15. The number of imidazole rings is 1. The third-order valence-electron chi connectivity index (χ3n) is 3.91. The molecular weight excluding hydrogens is 320 g/mol. The number of methoxy groups -OCH3 is 1. The van der Waals surface area contributed by atoms with Crippen molar-refractivity contribution in [3.05, 3.63) is 52.4 Å². The molecule has 1 atom stereocenters. The molecule has 0 spiro atoms. The fourth-order valence-electron chi connectivity index (χ4n) is 2.60. The van der Waals surface area contributed by atoms with Crippen molar-refractivity contribution in [1.29, 1.82) is 0 Å². The van der Waals surface area contributed by atoms with Gasteiger partial charge in [0.1, 0.15) is 11.8 Å². The first-order chi connectivity index (χ1) is 12.0. The lowest BCUT2D eigenvalue weighted by Crippen LogP contribution is -2.32. The van der Waals surface area contributed by atoms with Gasteiger partial charge in [-0.15, -0.1) is 0 Å². The summed E-state index contributed by atoms with van der Waals surface area (Å²) in [6, 6.07) is 10.5. The monoisotopic (exact) mass is 340 g/mol. The number of aromatic nitrogens is 2. The van der Waals surface area contributed by atoms with Crippen LogP contribution in [0.3, 0.4) is 0 Å². The van der Waals surface area contributed by atoms with Crippen LogP contribution in [0.4, 0.5) is 11.4 Å². The summed E-state index contributed by atoms with van der Waals surface area (Å²) in [7, 11) is 1.56. The van der Waals surface area contributed by atoms with Crippen molar-refractivity contribution < 1.29 is 9.53 Å². The van der Waals surface area contributed by atoms with E-state index in [0.29, 0.717) is 17.0 Å². The lowest BCUT2D eigenvalue weighted by atomic mass is 10.2. The highest BCUT2D eigenvalue weighted by Crippen LogP contribution is 2.25. The molecule has 4 N–H and O–H groups in total. The zero-order valence-corrected chi connectivity index (χ0v) is 14.3. The van der Waals surface area contributed by atoms with E-state index in [4.69, 9.17) is 4.74 Å². The molecular formula is C18H20N4O3. The Labute approximate surface area is 144 Å². The first-order valence-corrected chi connectivity index (χ1v) is 7.90. The molecule has 7 heteroatoms. The summed E-state index contributed by atoms with van der Waals surface area (Å²) in [5.74, 6) is 0.420. The van der Waals surface area contributed by atoms with Gasteiger partial charge in [0.2, 0.25) is 5.91 Å². The Balaban J connectivity index is 1.73. The number of fused-ring (bicyclic) bond motifs is 1. The van der Waals surface area contributed by atoms with Crippen LogP contribution >= 0.6 is 0 Å². The number of aromatic amines is 2. The summed E-state index contributed by atoms with van der Waals surface area (Å²) in [5.41, 5.74) is 3.54. The van der Waals surface area contributed by atoms with Gasteiger partial charge in [0.15, 0.2) is 0 Å². The number of hydrogen-bond acceptors (Lipinski definition) is 4. The zero-order valence-electron chi connectivity index (χ0n) is 14.3. The van der Waals surface area contributed by atoms with Gasteiger partial charge in [-0.05, 0) is 49.7 Å². The van der Waals surface area contributed by atoms with Gasteiger partial charge in [0.05, 0.1) is 23.8 Å². The number of carbonyl (C=O) groups is 1. The first kappa shape index (κ1) is 16.6. The molecule has 0 radical (unpaired) electrons. The molecule has 0 aliphatic rings. The lowest BCUT2D eigenvalue weighted by molar-refractivity contribution is -0.116. The Kier molecular flexibility index (Phi) is 4.47. The standard InChI is InChI=1S/C18H20N4O3/c1-10-4-7-16(25-3)15(8-10)20-17(23)11(2)19-12-5-6-13-14(9-12)22-18(24)21-13/h4-9,11,19H,1-3H3,(H,20,23)(H2,21,22,24). The normalized spacial score (nSPS) is 12.0. The first-order valence-electron chi connectivity index (χ1n) is 7.90. The molecule has 1 amide bonds. The van der Waals surface area contributed by atoms with E-state index in [-0.39, 0.29) is 11.6 Å². The van der Waals surface area contributed by atoms with Crippen LogP contribution in [0.2, 0.25) is 0 Å². The van der Waals surface area contributed by atoms with Crippen LogP contribution in [0.5, 0.6) is 5.75 Å². The molecule has 0 fully saturated rings. The summed E-state index contributed by atoms with van der Waals surface area (Å²) < 4.78 is 5.28. The fourth-order valence-corrected chi connectivity index (χ4v) is 2.60. The third kappa shape index (κ3) is 3.65. The zero-order chi connectivity index (χ0) is 18.0. The second-order valence-electron chi connectivity index (χ2n) is 5.90. The largest absolute Gasteiger partial charge is 0.495 e. The second-order valence-corrected chi connectivity index (χ2v) is 5.90. The van der Waals surface area contributed by atoms with E-state index in [2.05, 4.69) is 20.6 Å². The Morgan fingerprint density at radius 2 is 1.88 bits per heavy atom. The number of anilines is 2. The van der Waals surface area contributed by atoms with Gasteiger partial charge in [-0.25, -0.2) is 4.79 Å². The SMILES string of the molecule is COc1ccc(C)cc1NC(=O)C(C)Nc1ccc2[nH]c(=O)[nH]c2c1. The number of rotatable bonds is 5. The molecule has 0 aliphatic heterocycles. The minimum absolute atomic E-state index is 0.188. The summed E-state index contributed by atoms with van der Waals surface area (Å²) >= 11 is 0. The third-order valence-corrected chi connectivity index (χ3v) is 3.91. The van der Waals surface area contributed by atoms with Crippen molar-refractivity contribution in [1.82, 2.24) is 9.97 Å². The van der Waals surface area contributed by atoms with Crippen molar-refractivity contribution in [2.24, 2.45) is 0 Å². The predicted octanol–water partition coefficient (Wildman–Crippen LogP) is 2.61. The maximum Gasteiger partial charge on any atom is 0.323 e. The van der Waals surface area contributed by atoms with Crippen molar-refractivity contribution in [2.75, 3.05) is 17.7 Å². The number of benzene rings is 2. The van der Waals surface area contributed by atoms with Gasteiger partial charge in [-0.1, -0.05) is 6.07 Å². The van der Waals surface area contributed by atoms with E-state index in [1.54, 1.807) is 26.2 Å².